The Morgan fingerprint density at radius 3 is 1.56 bits per heavy atom. The molecule has 57 heavy (non-hydrogen) atoms. The van der Waals surface area contributed by atoms with Crippen LogP contribution in [0.15, 0.2) is 176 Å². The molecule has 0 aliphatic rings. The van der Waals surface area contributed by atoms with E-state index in [-0.39, 0.29) is 0 Å². The SMILES string of the molecule is N=C(c1ccccc1C(=N)n1c2cc3ccccc3cc2c2c3c4ccccc4n4c5ccccc5c(cc21)c34)n1c2ccccc2c2c3ccccc3ccc21. The maximum absolute atomic E-state index is 10.3. The van der Waals surface area contributed by atoms with Gasteiger partial charge in [0, 0.05) is 54.2 Å². The Morgan fingerprint density at radius 2 is 0.842 bits per heavy atom. The van der Waals surface area contributed by atoms with Gasteiger partial charge in [-0.15, -0.1) is 0 Å². The van der Waals surface area contributed by atoms with Gasteiger partial charge in [-0.05, 0) is 64.0 Å². The summed E-state index contributed by atoms with van der Waals surface area (Å²) < 4.78 is 6.64. The third-order valence-corrected chi connectivity index (χ3v) is 12.4. The molecule has 4 aromatic heterocycles. The van der Waals surface area contributed by atoms with E-state index < -0.39 is 0 Å². The lowest BCUT2D eigenvalue weighted by Crippen LogP contribution is -2.20. The van der Waals surface area contributed by atoms with Gasteiger partial charge in [0.25, 0.3) is 0 Å². The summed E-state index contributed by atoms with van der Waals surface area (Å²) in [4.78, 5) is 0. The predicted octanol–water partition coefficient (Wildman–Crippen LogP) is 13.1. The number of nitrogens with zero attached hydrogens (tertiary/aromatic N) is 3. The zero-order valence-electron chi connectivity index (χ0n) is 30.6. The summed E-state index contributed by atoms with van der Waals surface area (Å²) >= 11 is 0. The topological polar surface area (TPSA) is 62.0 Å². The minimum atomic E-state index is 0.332. The van der Waals surface area contributed by atoms with E-state index in [0.717, 1.165) is 54.4 Å². The summed E-state index contributed by atoms with van der Waals surface area (Å²) in [7, 11) is 0. The van der Waals surface area contributed by atoms with Gasteiger partial charge >= 0.3 is 0 Å². The van der Waals surface area contributed by atoms with Crippen molar-refractivity contribution < 1.29 is 0 Å². The second-order valence-corrected chi connectivity index (χ2v) is 15.2. The summed E-state index contributed by atoms with van der Waals surface area (Å²) in [6, 6.07) is 61.9. The average molecular weight is 726 g/mol. The van der Waals surface area contributed by atoms with Crippen LogP contribution in [0, 0.1) is 10.8 Å². The first kappa shape index (κ1) is 30.6. The minimum Gasteiger partial charge on any atom is -0.308 e. The minimum absolute atomic E-state index is 0.332. The largest absolute Gasteiger partial charge is 0.308 e. The molecule has 4 heterocycles. The Kier molecular flexibility index (Phi) is 5.86. The number of benzene rings is 9. The number of nitrogens with one attached hydrogen (secondary N) is 2. The summed E-state index contributed by atoms with van der Waals surface area (Å²) in [5.41, 5.74) is 8.87. The molecular formula is C52H31N5. The van der Waals surface area contributed by atoms with Gasteiger partial charge in [-0.2, -0.15) is 0 Å². The Labute approximate surface area is 325 Å². The second kappa shape index (κ2) is 10.9. The number of hydrogen-bond acceptors (Lipinski definition) is 2. The van der Waals surface area contributed by atoms with E-state index in [2.05, 4.69) is 159 Å². The second-order valence-electron chi connectivity index (χ2n) is 15.2. The summed E-state index contributed by atoms with van der Waals surface area (Å²) in [5.74, 6) is 0.666. The van der Waals surface area contributed by atoms with Crippen molar-refractivity contribution in [3.8, 4) is 0 Å². The van der Waals surface area contributed by atoms with E-state index >= 15 is 0 Å². The number of para-hydroxylation sites is 3. The first-order chi connectivity index (χ1) is 28.2. The predicted molar refractivity (Wildman–Crippen MR) is 239 cm³/mol. The van der Waals surface area contributed by atoms with Crippen LogP contribution in [0.2, 0.25) is 0 Å². The molecule has 0 amide bonds. The highest BCUT2D eigenvalue weighted by molar-refractivity contribution is 6.37. The first-order valence-corrected chi connectivity index (χ1v) is 19.4. The van der Waals surface area contributed by atoms with Crippen molar-refractivity contribution in [1.82, 2.24) is 13.5 Å². The van der Waals surface area contributed by atoms with Crippen LogP contribution in [0.4, 0.5) is 0 Å². The molecule has 5 nitrogen and oxygen atoms in total. The summed E-state index contributed by atoms with van der Waals surface area (Å²) in [6.07, 6.45) is 0. The Balaban J connectivity index is 1.13. The van der Waals surface area contributed by atoms with Gasteiger partial charge in [-0.3, -0.25) is 20.0 Å². The molecule has 0 atom stereocenters. The molecule has 0 saturated heterocycles. The van der Waals surface area contributed by atoms with Crippen LogP contribution < -0.4 is 0 Å². The Morgan fingerprint density at radius 1 is 0.316 bits per heavy atom. The lowest BCUT2D eigenvalue weighted by molar-refractivity contribution is 1.19. The highest BCUT2D eigenvalue weighted by atomic mass is 15.1. The molecule has 0 aliphatic carbocycles. The van der Waals surface area contributed by atoms with Gasteiger partial charge in [0.2, 0.25) is 0 Å². The molecule has 0 radical (unpaired) electrons. The van der Waals surface area contributed by atoms with Crippen molar-refractivity contribution in [2.75, 3.05) is 0 Å². The van der Waals surface area contributed by atoms with E-state index in [1.165, 1.54) is 48.9 Å². The smallest absolute Gasteiger partial charge is 0.138 e. The van der Waals surface area contributed by atoms with E-state index in [1.807, 2.05) is 30.3 Å². The van der Waals surface area contributed by atoms with E-state index in [9.17, 15) is 10.8 Å². The zero-order valence-corrected chi connectivity index (χ0v) is 30.6. The summed E-state index contributed by atoms with van der Waals surface area (Å²) in [5, 5.41) is 34.3. The maximum atomic E-state index is 10.3. The van der Waals surface area contributed by atoms with Crippen LogP contribution in [-0.4, -0.2) is 25.2 Å². The van der Waals surface area contributed by atoms with E-state index in [0.29, 0.717) is 22.8 Å². The summed E-state index contributed by atoms with van der Waals surface area (Å²) in [6.45, 7) is 0. The van der Waals surface area contributed by atoms with Crippen LogP contribution in [-0.2, 0) is 0 Å². The zero-order chi connectivity index (χ0) is 37.5. The highest BCUT2D eigenvalue weighted by Crippen LogP contribution is 2.47. The molecule has 5 heteroatoms. The van der Waals surface area contributed by atoms with Crippen molar-refractivity contribution in [2.24, 2.45) is 0 Å². The molecule has 2 N–H and O–H groups in total. The van der Waals surface area contributed by atoms with Crippen LogP contribution in [0.25, 0.3) is 103 Å². The van der Waals surface area contributed by atoms with Crippen LogP contribution >= 0.6 is 0 Å². The fraction of sp³-hybridized carbons (Fsp3) is 0. The molecule has 9 aromatic carbocycles. The standard InChI is InChI=1S/C52H31N5/c53-51(56-43-24-12-8-20-37(43)47-33-16-4-3-13-30(33)25-26-44(47)56)35-18-5-6-19-36(35)52(54)57-45-28-32-15-2-1-14-31(32)27-40(45)48-46(57)29-39-34-17-7-10-22-41(34)55-42-23-11-9-21-38(42)49(48)50(39)55/h1-29,53-54H. The molecule has 13 aromatic rings. The maximum Gasteiger partial charge on any atom is 0.138 e. The van der Waals surface area contributed by atoms with Crippen molar-refractivity contribution in [2.45, 2.75) is 0 Å². The molecule has 13 rings (SSSR count). The van der Waals surface area contributed by atoms with Crippen LogP contribution in [0.1, 0.15) is 11.1 Å². The van der Waals surface area contributed by atoms with Crippen LogP contribution in [0.3, 0.4) is 0 Å². The lowest BCUT2D eigenvalue weighted by atomic mass is 10.0. The van der Waals surface area contributed by atoms with E-state index in [4.69, 9.17) is 0 Å². The number of aromatic nitrogens is 3. The average Bonchev–Trinajstić information content (AvgIpc) is 3.99. The van der Waals surface area contributed by atoms with Gasteiger partial charge in [0.15, 0.2) is 0 Å². The molecule has 0 fully saturated rings. The quantitative estimate of drug-likeness (QED) is 0.132. The third-order valence-electron chi connectivity index (χ3n) is 12.4. The van der Waals surface area contributed by atoms with Gasteiger partial charge in [-0.1, -0.05) is 133 Å². The normalized spacial score (nSPS) is 12.4. The number of fused-ring (bicyclic) bond motifs is 16. The fourth-order valence-corrected chi connectivity index (χ4v) is 10.1. The number of rotatable bonds is 2. The lowest BCUT2D eigenvalue weighted by Gasteiger charge is -2.17. The van der Waals surface area contributed by atoms with Crippen molar-refractivity contribution >= 4 is 115 Å². The monoisotopic (exact) mass is 725 g/mol. The number of hydrogen-bond donors (Lipinski definition) is 2. The molecule has 0 unspecified atom stereocenters. The first-order valence-electron chi connectivity index (χ1n) is 19.4. The van der Waals surface area contributed by atoms with Crippen molar-refractivity contribution in [3.63, 3.8) is 0 Å². The molecule has 0 saturated carbocycles. The molecule has 0 aliphatic heterocycles. The van der Waals surface area contributed by atoms with Gasteiger partial charge in [-0.25, -0.2) is 0 Å². The molecule has 0 spiro atoms. The van der Waals surface area contributed by atoms with Crippen LogP contribution in [0.5, 0.6) is 0 Å². The van der Waals surface area contributed by atoms with Gasteiger partial charge < -0.3 is 4.40 Å². The molecular weight excluding hydrogens is 695 g/mol. The van der Waals surface area contributed by atoms with Crippen molar-refractivity contribution in [3.05, 3.63) is 187 Å². The van der Waals surface area contributed by atoms with Crippen molar-refractivity contribution in [1.29, 1.82) is 10.8 Å². The van der Waals surface area contributed by atoms with Gasteiger partial charge in [0.05, 0.1) is 38.6 Å². The molecule has 264 valence electrons. The Bertz CT molecular complexity index is 3910. The van der Waals surface area contributed by atoms with E-state index in [1.54, 1.807) is 0 Å². The fourth-order valence-electron chi connectivity index (χ4n) is 10.1. The highest BCUT2D eigenvalue weighted by Gasteiger charge is 2.27. The third kappa shape index (κ3) is 3.87. The Hall–Kier alpha value is -7.76. The molecule has 0 bridgehead atoms. The van der Waals surface area contributed by atoms with Gasteiger partial charge in [0.1, 0.15) is 11.7 Å².